The average Bonchev–Trinajstić information content (AvgIpc) is 2.70. The Kier molecular flexibility index (Phi) is 3.09. The first-order chi connectivity index (χ1) is 8.09. The molecule has 0 aliphatic carbocycles. The van der Waals surface area contributed by atoms with Crippen molar-refractivity contribution < 1.29 is 9.59 Å². The maximum atomic E-state index is 12.0. The predicted octanol–water partition coefficient (Wildman–Crippen LogP) is 2.97. The van der Waals surface area contributed by atoms with Gasteiger partial charge in [0, 0.05) is 23.5 Å². The van der Waals surface area contributed by atoms with Crippen molar-refractivity contribution in [2.75, 3.05) is 0 Å². The van der Waals surface area contributed by atoms with Gasteiger partial charge < -0.3 is 4.98 Å². The minimum Gasteiger partial charge on any atom is -0.360 e. The van der Waals surface area contributed by atoms with Gasteiger partial charge in [0.15, 0.2) is 0 Å². The molecule has 3 heteroatoms. The van der Waals surface area contributed by atoms with Crippen LogP contribution in [0, 0.1) is 5.92 Å². The summed E-state index contributed by atoms with van der Waals surface area (Å²) in [5.74, 6) is -0.502. The molecule has 0 unspecified atom stereocenters. The maximum absolute atomic E-state index is 12.0. The number of ketones is 2. The number of carbonyl (C=O) groups is 2. The third-order valence-electron chi connectivity index (χ3n) is 2.68. The van der Waals surface area contributed by atoms with Gasteiger partial charge in [-0.2, -0.15) is 0 Å². The molecular formula is C14H15NO2. The van der Waals surface area contributed by atoms with Crippen molar-refractivity contribution in [1.82, 2.24) is 4.98 Å². The van der Waals surface area contributed by atoms with Crippen LogP contribution in [0.5, 0.6) is 0 Å². The standard InChI is InChI=1S/C14H15NO2/c1-9(2)7-13(16)14(17)11-8-15-12-6-4-3-5-10(11)12/h3-6,8-9,15H,7H2,1-2H3. The number of H-pyrrole nitrogens is 1. The second-order valence-electron chi connectivity index (χ2n) is 4.60. The summed E-state index contributed by atoms with van der Waals surface area (Å²) in [6, 6.07) is 7.49. The molecule has 0 amide bonds. The molecule has 88 valence electrons. The number of rotatable bonds is 4. The molecule has 1 heterocycles. The molecule has 1 aromatic heterocycles. The van der Waals surface area contributed by atoms with E-state index in [-0.39, 0.29) is 11.7 Å². The largest absolute Gasteiger partial charge is 0.360 e. The lowest BCUT2D eigenvalue weighted by atomic mass is 10.00. The molecule has 0 spiro atoms. The lowest BCUT2D eigenvalue weighted by molar-refractivity contribution is -0.115. The highest BCUT2D eigenvalue weighted by atomic mass is 16.2. The fourth-order valence-corrected chi connectivity index (χ4v) is 1.87. The molecule has 0 bridgehead atoms. The van der Waals surface area contributed by atoms with Gasteiger partial charge in [-0.25, -0.2) is 0 Å². The molecule has 0 saturated carbocycles. The van der Waals surface area contributed by atoms with E-state index in [9.17, 15) is 9.59 Å². The number of aromatic amines is 1. The Balaban J connectivity index is 2.34. The van der Waals surface area contributed by atoms with Crippen LogP contribution in [0.15, 0.2) is 30.5 Å². The molecule has 0 aliphatic heterocycles. The molecule has 2 aromatic rings. The molecule has 0 atom stereocenters. The van der Waals surface area contributed by atoms with Crippen LogP contribution in [0.25, 0.3) is 10.9 Å². The van der Waals surface area contributed by atoms with E-state index < -0.39 is 5.78 Å². The van der Waals surface area contributed by atoms with Gasteiger partial charge in [0.05, 0.1) is 5.56 Å². The number of Topliss-reactive ketones (excluding diaryl/α,β-unsaturated/α-hetero) is 2. The number of carbonyl (C=O) groups excluding carboxylic acids is 2. The number of hydrogen-bond donors (Lipinski definition) is 1. The number of hydrogen-bond acceptors (Lipinski definition) is 2. The summed E-state index contributed by atoms with van der Waals surface area (Å²) in [4.78, 5) is 26.7. The number of benzene rings is 1. The van der Waals surface area contributed by atoms with Crippen LogP contribution in [0.3, 0.4) is 0 Å². The summed E-state index contributed by atoms with van der Waals surface area (Å²) < 4.78 is 0. The second-order valence-corrected chi connectivity index (χ2v) is 4.60. The summed E-state index contributed by atoms with van der Waals surface area (Å²) in [6.45, 7) is 3.86. The monoisotopic (exact) mass is 229 g/mol. The van der Waals surface area contributed by atoms with Crippen LogP contribution >= 0.6 is 0 Å². The first-order valence-electron chi connectivity index (χ1n) is 5.73. The minimum atomic E-state index is -0.392. The van der Waals surface area contributed by atoms with Crippen LogP contribution in [-0.2, 0) is 4.79 Å². The SMILES string of the molecule is CC(C)CC(=O)C(=O)c1c[nH]c2ccccc12. The highest BCUT2D eigenvalue weighted by Gasteiger charge is 2.20. The van der Waals surface area contributed by atoms with Crippen LogP contribution in [0.2, 0.25) is 0 Å². The van der Waals surface area contributed by atoms with Crippen LogP contribution in [-0.4, -0.2) is 16.6 Å². The van der Waals surface area contributed by atoms with Gasteiger partial charge in [0.2, 0.25) is 11.6 Å². The lowest BCUT2D eigenvalue weighted by Gasteiger charge is -2.02. The summed E-state index contributed by atoms with van der Waals surface area (Å²) >= 11 is 0. The molecule has 0 saturated heterocycles. The molecule has 17 heavy (non-hydrogen) atoms. The third-order valence-corrected chi connectivity index (χ3v) is 2.68. The number of fused-ring (bicyclic) bond motifs is 1. The van der Waals surface area contributed by atoms with Crippen LogP contribution in [0.1, 0.15) is 30.6 Å². The molecule has 1 aromatic carbocycles. The van der Waals surface area contributed by atoms with Gasteiger partial charge in [-0.05, 0) is 12.0 Å². The van der Waals surface area contributed by atoms with Gasteiger partial charge >= 0.3 is 0 Å². The van der Waals surface area contributed by atoms with Crippen LogP contribution < -0.4 is 0 Å². The van der Waals surface area contributed by atoms with Crippen molar-refractivity contribution in [2.24, 2.45) is 5.92 Å². The minimum absolute atomic E-state index is 0.205. The average molecular weight is 229 g/mol. The summed E-state index contributed by atoms with van der Waals surface area (Å²) in [5, 5.41) is 0.814. The van der Waals surface area contributed by atoms with E-state index in [1.165, 1.54) is 0 Å². The highest BCUT2D eigenvalue weighted by Crippen LogP contribution is 2.19. The number of nitrogens with one attached hydrogen (secondary N) is 1. The Morgan fingerprint density at radius 3 is 2.65 bits per heavy atom. The van der Waals surface area contributed by atoms with Crippen molar-refractivity contribution >= 4 is 22.5 Å². The first-order valence-corrected chi connectivity index (χ1v) is 5.73. The Labute approximate surface area is 99.8 Å². The smallest absolute Gasteiger partial charge is 0.230 e. The maximum Gasteiger partial charge on any atom is 0.230 e. The van der Waals surface area contributed by atoms with E-state index in [1.807, 2.05) is 38.1 Å². The van der Waals surface area contributed by atoms with Crippen molar-refractivity contribution in [3.05, 3.63) is 36.0 Å². The number of para-hydroxylation sites is 1. The first kappa shape index (κ1) is 11.6. The Bertz CT molecular complexity index is 566. The fourth-order valence-electron chi connectivity index (χ4n) is 1.87. The van der Waals surface area contributed by atoms with E-state index >= 15 is 0 Å². The van der Waals surface area contributed by atoms with Crippen molar-refractivity contribution in [1.29, 1.82) is 0 Å². The summed E-state index contributed by atoms with van der Waals surface area (Å²) in [6.07, 6.45) is 1.92. The van der Waals surface area contributed by atoms with E-state index in [0.29, 0.717) is 12.0 Å². The normalized spacial score (nSPS) is 11.0. The molecule has 0 aliphatic rings. The van der Waals surface area contributed by atoms with Gasteiger partial charge in [-0.3, -0.25) is 9.59 Å². The van der Waals surface area contributed by atoms with Gasteiger partial charge in [0.25, 0.3) is 0 Å². The molecule has 0 radical (unpaired) electrons. The van der Waals surface area contributed by atoms with E-state index in [0.717, 1.165) is 10.9 Å². The molecule has 3 nitrogen and oxygen atoms in total. The van der Waals surface area contributed by atoms with Crippen molar-refractivity contribution in [3.8, 4) is 0 Å². The number of aromatic nitrogens is 1. The Morgan fingerprint density at radius 2 is 1.94 bits per heavy atom. The van der Waals surface area contributed by atoms with Crippen molar-refractivity contribution in [3.63, 3.8) is 0 Å². The Hall–Kier alpha value is -1.90. The topological polar surface area (TPSA) is 49.9 Å². The van der Waals surface area contributed by atoms with E-state index in [2.05, 4.69) is 4.98 Å². The zero-order valence-electron chi connectivity index (χ0n) is 9.99. The predicted molar refractivity (Wildman–Crippen MR) is 67.1 cm³/mol. The fraction of sp³-hybridized carbons (Fsp3) is 0.286. The van der Waals surface area contributed by atoms with Crippen molar-refractivity contribution in [2.45, 2.75) is 20.3 Å². The zero-order chi connectivity index (χ0) is 12.4. The zero-order valence-corrected chi connectivity index (χ0v) is 9.99. The molecule has 0 fully saturated rings. The Morgan fingerprint density at radius 1 is 1.24 bits per heavy atom. The van der Waals surface area contributed by atoms with Crippen LogP contribution in [0.4, 0.5) is 0 Å². The summed E-state index contributed by atoms with van der Waals surface area (Å²) in [7, 11) is 0. The van der Waals surface area contributed by atoms with Gasteiger partial charge in [-0.15, -0.1) is 0 Å². The molecule has 2 rings (SSSR count). The third kappa shape index (κ3) is 2.28. The second kappa shape index (κ2) is 4.53. The molecule has 1 N–H and O–H groups in total. The van der Waals surface area contributed by atoms with E-state index in [1.54, 1.807) is 6.20 Å². The van der Waals surface area contributed by atoms with Gasteiger partial charge in [0.1, 0.15) is 0 Å². The quantitative estimate of drug-likeness (QED) is 0.647. The molecular weight excluding hydrogens is 214 g/mol. The lowest BCUT2D eigenvalue weighted by Crippen LogP contribution is -2.15. The summed E-state index contributed by atoms with van der Waals surface area (Å²) in [5.41, 5.74) is 1.36. The van der Waals surface area contributed by atoms with Gasteiger partial charge in [-0.1, -0.05) is 32.0 Å². The van der Waals surface area contributed by atoms with E-state index in [4.69, 9.17) is 0 Å². The highest BCUT2D eigenvalue weighted by molar-refractivity contribution is 6.45.